The molecule has 0 atom stereocenters. The third-order valence-electron chi connectivity index (χ3n) is 3.13. The molecule has 1 heterocycles. The van der Waals surface area contributed by atoms with Crippen molar-refractivity contribution in [1.82, 2.24) is 10.3 Å². The molecule has 2 aromatic rings. The standard InChI is InChI=1S/C17H17N3O4/c1-24-17(23)13-3-2-4-14(9-13)20-16(22)10-15(21)19-11-12-5-7-18-8-6-12/h2-9H,10-11H2,1H3,(H,19,21)(H,20,22). The molecule has 0 unspecified atom stereocenters. The SMILES string of the molecule is COC(=O)c1cccc(NC(=O)CC(=O)NCc2ccncc2)c1. The van der Waals surface area contributed by atoms with Crippen LogP contribution < -0.4 is 10.6 Å². The minimum Gasteiger partial charge on any atom is -0.465 e. The smallest absolute Gasteiger partial charge is 0.337 e. The summed E-state index contributed by atoms with van der Waals surface area (Å²) >= 11 is 0. The molecular formula is C17H17N3O4. The quantitative estimate of drug-likeness (QED) is 0.619. The Balaban J connectivity index is 1.84. The largest absolute Gasteiger partial charge is 0.465 e. The van der Waals surface area contributed by atoms with E-state index in [2.05, 4.69) is 20.4 Å². The first kappa shape index (κ1) is 17.1. The van der Waals surface area contributed by atoms with Crippen LogP contribution in [0.3, 0.4) is 0 Å². The van der Waals surface area contributed by atoms with E-state index >= 15 is 0 Å². The van der Waals surface area contributed by atoms with Gasteiger partial charge in [0.2, 0.25) is 11.8 Å². The second-order valence-electron chi connectivity index (χ2n) is 4.93. The van der Waals surface area contributed by atoms with Gasteiger partial charge in [-0.1, -0.05) is 6.07 Å². The topological polar surface area (TPSA) is 97.4 Å². The molecule has 0 radical (unpaired) electrons. The Labute approximate surface area is 139 Å². The van der Waals surface area contributed by atoms with Gasteiger partial charge in [0, 0.05) is 24.6 Å². The highest BCUT2D eigenvalue weighted by molar-refractivity contribution is 6.04. The maximum Gasteiger partial charge on any atom is 0.337 e. The number of aromatic nitrogens is 1. The van der Waals surface area contributed by atoms with E-state index < -0.39 is 17.8 Å². The van der Waals surface area contributed by atoms with Gasteiger partial charge in [0.15, 0.2) is 0 Å². The van der Waals surface area contributed by atoms with E-state index in [0.29, 0.717) is 17.8 Å². The summed E-state index contributed by atoms with van der Waals surface area (Å²) in [7, 11) is 1.28. The molecule has 0 aliphatic rings. The van der Waals surface area contributed by atoms with Gasteiger partial charge in [-0.25, -0.2) is 4.79 Å². The molecule has 0 saturated carbocycles. The molecule has 0 fully saturated rings. The van der Waals surface area contributed by atoms with Gasteiger partial charge >= 0.3 is 5.97 Å². The van der Waals surface area contributed by atoms with Crippen molar-refractivity contribution >= 4 is 23.5 Å². The third-order valence-corrected chi connectivity index (χ3v) is 3.13. The zero-order valence-corrected chi connectivity index (χ0v) is 13.1. The van der Waals surface area contributed by atoms with Crippen LogP contribution in [0.5, 0.6) is 0 Å². The summed E-state index contributed by atoms with van der Waals surface area (Å²) < 4.78 is 4.61. The van der Waals surface area contributed by atoms with Crippen molar-refractivity contribution in [1.29, 1.82) is 0 Å². The molecule has 124 valence electrons. The summed E-state index contributed by atoms with van der Waals surface area (Å²) in [6.45, 7) is 0.326. The Bertz CT molecular complexity index is 732. The van der Waals surface area contributed by atoms with Crippen LogP contribution in [0.25, 0.3) is 0 Å². The number of rotatable bonds is 6. The van der Waals surface area contributed by atoms with Gasteiger partial charge in [0.05, 0.1) is 12.7 Å². The van der Waals surface area contributed by atoms with Crippen LogP contribution in [0.1, 0.15) is 22.3 Å². The predicted molar refractivity (Wildman–Crippen MR) is 87.1 cm³/mol. The van der Waals surface area contributed by atoms with Crippen LogP contribution in [-0.2, 0) is 20.9 Å². The van der Waals surface area contributed by atoms with Gasteiger partial charge in [-0.3, -0.25) is 14.6 Å². The lowest BCUT2D eigenvalue weighted by Gasteiger charge is -2.08. The number of nitrogens with zero attached hydrogens (tertiary/aromatic N) is 1. The predicted octanol–water partition coefficient (Wildman–Crippen LogP) is 1.51. The second kappa shape index (κ2) is 8.42. The minimum absolute atomic E-state index is 0.312. The summed E-state index contributed by atoms with van der Waals surface area (Å²) in [6.07, 6.45) is 2.94. The molecule has 0 aliphatic heterocycles. The maximum absolute atomic E-state index is 11.9. The first-order valence-electron chi connectivity index (χ1n) is 7.22. The molecule has 2 amide bonds. The summed E-state index contributed by atoms with van der Waals surface area (Å²) in [6, 6.07) is 9.85. The Morgan fingerprint density at radius 3 is 2.54 bits per heavy atom. The van der Waals surface area contributed by atoms with Gasteiger partial charge in [0.1, 0.15) is 6.42 Å². The summed E-state index contributed by atoms with van der Waals surface area (Å²) in [5, 5.41) is 5.23. The molecule has 7 heteroatoms. The number of methoxy groups -OCH3 is 1. The van der Waals surface area contributed by atoms with Crippen molar-refractivity contribution in [3.8, 4) is 0 Å². The molecule has 0 saturated heterocycles. The van der Waals surface area contributed by atoms with Crippen LogP contribution in [0.15, 0.2) is 48.8 Å². The van der Waals surface area contributed by atoms with Crippen LogP contribution in [0, 0.1) is 0 Å². The van der Waals surface area contributed by atoms with Gasteiger partial charge < -0.3 is 15.4 Å². The lowest BCUT2D eigenvalue weighted by atomic mass is 10.2. The van der Waals surface area contributed by atoms with Gasteiger partial charge in [0.25, 0.3) is 0 Å². The lowest BCUT2D eigenvalue weighted by Crippen LogP contribution is -2.27. The van der Waals surface area contributed by atoms with Crippen LogP contribution in [0.2, 0.25) is 0 Å². The number of anilines is 1. The Morgan fingerprint density at radius 2 is 1.83 bits per heavy atom. The highest BCUT2D eigenvalue weighted by Gasteiger charge is 2.11. The lowest BCUT2D eigenvalue weighted by molar-refractivity contribution is -0.126. The highest BCUT2D eigenvalue weighted by Crippen LogP contribution is 2.11. The second-order valence-corrected chi connectivity index (χ2v) is 4.93. The molecule has 2 rings (SSSR count). The monoisotopic (exact) mass is 327 g/mol. The Kier molecular flexibility index (Phi) is 6.01. The number of ether oxygens (including phenoxy) is 1. The van der Waals surface area contributed by atoms with E-state index in [9.17, 15) is 14.4 Å². The molecule has 1 aromatic carbocycles. The van der Waals surface area contributed by atoms with Gasteiger partial charge in [-0.15, -0.1) is 0 Å². The molecule has 24 heavy (non-hydrogen) atoms. The van der Waals surface area contributed by atoms with E-state index in [1.807, 2.05) is 0 Å². The van der Waals surface area contributed by atoms with Crippen molar-refractivity contribution in [2.24, 2.45) is 0 Å². The van der Waals surface area contributed by atoms with E-state index in [1.165, 1.54) is 13.2 Å². The molecular weight excluding hydrogens is 310 g/mol. The zero-order chi connectivity index (χ0) is 17.4. The number of carbonyl (C=O) groups is 3. The van der Waals surface area contributed by atoms with Crippen LogP contribution in [0.4, 0.5) is 5.69 Å². The fraction of sp³-hybridized carbons (Fsp3) is 0.176. The van der Waals surface area contributed by atoms with Gasteiger partial charge in [-0.2, -0.15) is 0 Å². The number of esters is 1. The summed E-state index contributed by atoms with van der Waals surface area (Å²) in [5.74, 6) is -1.36. The number of hydrogen-bond donors (Lipinski definition) is 2. The fourth-order valence-electron chi connectivity index (χ4n) is 1.96. The number of carbonyl (C=O) groups excluding carboxylic acids is 3. The van der Waals surface area contributed by atoms with E-state index in [1.54, 1.807) is 42.7 Å². The van der Waals surface area contributed by atoms with Gasteiger partial charge in [-0.05, 0) is 35.9 Å². The minimum atomic E-state index is -0.499. The first-order chi connectivity index (χ1) is 11.6. The van der Waals surface area contributed by atoms with E-state index in [-0.39, 0.29) is 6.42 Å². The molecule has 2 N–H and O–H groups in total. The fourth-order valence-corrected chi connectivity index (χ4v) is 1.96. The normalized spacial score (nSPS) is 9.88. The van der Waals surface area contributed by atoms with E-state index in [0.717, 1.165) is 5.56 Å². The van der Waals surface area contributed by atoms with Crippen molar-refractivity contribution < 1.29 is 19.1 Å². The number of nitrogens with one attached hydrogen (secondary N) is 2. The highest BCUT2D eigenvalue weighted by atomic mass is 16.5. The maximum atomic E-state index is 11.9. The number of amides is 2. The summed E-state index contributed by atoms with van der Waals surface area (Å²) in [5.41, 5.74) is 1.63. The van der Waals surface area contributed by atoms with Crippen LogP contribution >= 0.6 is 0 Å². The van der Waals surface area contributed by atoms with Crippen molar-refractivity contribution in [3.05, 3.63) is 59.9 Å². The Hall–Kier alpha value is -3.22. The average Bonchev–Trinajstić information content (AvgIpc) is 2.60. The van der Waals surface area contributed by atoms with Crippen molar-refractivity contribution in [3.63, 3.8) is 0 Å². The molecule has 0 bridgehead atoms. The molecule has 1 aromatic heterocycles. The van der Waals surface area contributed by atoms with Crippen molar-refractivity contribution in [2.75, 3.05) is 12.4 Å². The molecule has 0 spiro atoms. The molecule has 0 aliphatic carbocycles. The average molecular weight is 327 g/mol. The first-order valence-corrected chi connectivity index (χ1v) is 7.22. The van der Waals surface area contributed by atoms with Crippen molar-refractivity contribution in [2.45, 2.75) is 13.0 Å². The number of benzene rings is 1. The molecule has 7 nitrogen and oxygen atoms in total. The van der Waals surface area contributed by atoms with Crippen LogP contribution in [-0.4, -0.2) is 29.9 Å². The zero-order valence-electron chi connectivity index (χ0n) is 13.1. The Morgan fingerprint density at radius 1 is 1.08 bits per heavy atom. The number of pyridine rings is 1. The number of hydrogen-bond acceptors (Lipinski definition) is 5. The third kappa shape index (κ3) is 5.20. The summed E-state index contributed by atoms with van der Waals surface area (Å²) in [4.78, 5) is 39.0. The van der Waals surface area contributed by atoms with E-state index in [4.69, 9.17) is 0 Å².